The number of nitrogens with zero attached hydrogens (tertiary/aromatic N) is 3. The lowest BCUT2D eigenvalue weighted by Crippen LogP contribution is -2.31. The van der Waals surface area contributed by atoms with Crippen LogP contribution in [0.5, 0.6) is 0 Å². The summed E-state index contributed by atoms with van der Waals surface area (Å²) in [6.45, 7) is -0.804. The maximum Gasteiger partial charge on any atom is 0.319 e. The molecular formula is C21H21F2N3O2. The lowest BCUT2D eigenvalue weighted by atomic mass is 9.99. The minimum Gasteiger partial charge on any atom is -0.391 e. The zero-order chi connectivity index (χ0) is 19.8. The molecule has 1 aromatic carbocycles. The van der Waals surface area contributed by atoms with Gasteiger partial charge in [-0.05, 0) is 37.6 Å². The molecule has 0 unspecified atom stereocenters. The number of aliphatic hydroxyl groups is 1. The van der Waals surface area contributed by atoms with Gasteiger partial charge in [0.15, 0.2) is 0 Å². The molecule has 1 saturated heterocycles. The van der Waals surface area contributed by atoms with Crippen molar-refractivity contribution in [1.82, 2.24) is 14.5 Å². The summed E-state index contributed by atoms with van der Waals surface area (Å²) in [5.74, 6) is -0.671. The Morgan fingerprint density at radius 2 is 1.96 bits per heavy atom. The van der Waals surface area contributed by atoms with Crippen molar-refractivity contribution in [3.63, 3.8) is 0 Å². The van der Waals surface area contributed by atoms with Crippen molar-refractivity contribution in [1.29, 1.82) is 0 Å². The van der Waals surface area contributed by atoms with Crippen LogP contribution < -0.4 is 0 Å². The molecule has 0 bridgehead atoms. The first-order chi connectivity index (χ1) is 13.4. The van der Waals surface area contributed by atoms with Gasteiger partial charge >= 0.3 is 6.55 Å². The second-order valence-corrected chi connectivity index (χ2v) is 7.24. The average Bonchev–Trinajstić information content (AvgIpc) is 3.24. The molecule has 3 heterocycles. The minimum absolute atomic E-state index is 0.0517. The number of alkyl halides is 2. The van der Waals surface area contributed by atoms with Crippen LogP contribution in [-0.4, -0.2) is 44.7 Å². The van der Waals surface area contributed by atoms with E-state index < -0.39 is 18.6 Å². The van der Waals surface area contributed by atoms with Crippen LogP contribution in [0, 0.1) is 12.8 Å². The third-order valence-electron chi connectivity index (χ3n) is 5.36. The second-order valence-electron chi connectivity index (χ2n) is 7.24. The molecule has 1 N–H and O–H groups in total. The van der Waals surface area contributed by atoms with E-state index in [0.29, 0.717) is 18.7 Å². The number of benzene rings is 1. The largest absolute Gasteiger partial charge is 0.391 e. The van der Waals surface area contributed by atoms with Crippen LogP contribution in [0.1, 0.15) is 28.4 Å². The third kappa shape index (κ3) is 3.38. The summed E-state index contributed by atoms with van der Waals surface area (Å²) < 4.78 is 27.3. The first-order valence-electron chi connectivity index (χ1n) is 9.22. The number of rotatable bonds is 4. The van der Waals surface area contributed by atoms with Crippen molar-refractivity contribution in [3.8, 4) is 0 Å². The number of halogens is 2. The van der Waals surface area contributed by atoms with Crippen molar-refractivity contribution < 1.29 is 18.7 Å². The molecule has 3 aromatic rings. The molecule has 0 saturated carbocycles. The Balaban J connectivity index is 1.50. The quantitative estimate of drug-likeness (QED) is 0.749. The Hall–Kier alpha value is -2.80. The number of aliphatic hydroxyl groups excluding tert-OH is 1. The molecule has 0 spiro atoms. The number of pyridine rings is 1. The van der Waals surface area contributed by atoms with Gasteiger partial charge in [0.2, 0.25) is 0 Å². The molecular weight excluding hydrogens is 364 g/mol. The number of aryl methyl sites for hydroxylation is 1. The number of para-hydroxylation sites is 1. The molecule has 0 aliphatic carbocycles. The molecule has 2 atom stereocenters. The monoisotopic (exact) mass is 385 g/mol. The predicted octanol–water partition coefficient (Wildman–Crippen LogP) is 3.42. The van der Waals surface area contributed by atoms with Crippen molar-refractivity contribution in [3.05, 3.63) is 65.6 Å². The maximum atomic E-state index is 13.3. The Labute approximate surface area is 161 Å². The van der Waals surface area contributed by atoms with Crippen LogP contribution in [0.15, 0.2) is 48.5 Å². The fourth-order valence-corrected chi connectivity index (χ4v) is 3.86. The summed E-state index contributed by atoms with van der Waals surface area (Å²) >= 11 is 0. The van der Waals surface area contributed by atoms with Crippen LogP contribution in [0.2, 0.25) is 0 Å². The van der Waals surface area contributed by atoms with Gasteiger partial charge in [-0.2, -0.15) is 8.78 Å². The van der Waals surface area contributed by atoms with E-state index in [1.165, 1.54) is 24.0 Å². The number of hydrogen-bond acceptors (Lipinski definition) is 3. The molecule has 1 amide bonds. The van der Waals surface area contributed by atoms with Gasteiger partial charge in [-0.15, -0.1) is 0 Å². The van der Waals surface area contributed by atoms with Gasteiger partial charge in [-0.25, -0.2) is 0 Å². The lowest BCUT2D eigenvalue weighted by molar-refractivity contribution is 0.0558. The Morgan fingerprint density at radius 1 is 1.18 bits per heavy atom. The molecule has 5 nitrogen and oxygen atoms in total. The number of amides is 1. The zero-order valence-electron chi connectivity index (χ0n) is 15.4. The van der Waals surface area contributed by atoms with E-state index in [0.717, 1.165) is 21.2 Å². The minimum atomic E-state index is -2.78. The summed E-state index contributed by atoms with van der Waals surface area (Å²) in [6.07, 6.45) is -0.196. The number of fused-ring (bicyclic) bond motifs is 1. The highest BCUT2D eigenvalue weighted by Crippen LogP contribution is 2.26. The zero-order valence-corrected chi connectivity index (χ0v) is 15.4. The van der Waals surface area contributed by atoms with Gasteiger partial charge in [0.1, 0.15) is 5.69 Å². The molecule has 1 aliphatic rings. The number of carbonyl (C=O) groups is 1. The molecule has 7 heteroatoms. The number of likely N-dealkylation sites (tertiary alicyclic amines) is 1. The van der Waals surface area contributed by atoms with E-state index in [1.807, 2.05) is 36.4 Å². The number of β-amino-alcohol motifs (C(OH)–C–C–N with tert-alkyl or cyclic N) is 1. The SMILES string of the molecule is Cc1ccc(C(=O)N2C[C@@H](Cc3ccc4ccccc4n3)[C@H](O)C2)n1C(F)F. The number of carbonyl (C=O) groups excluding carboxylic acids is 1. The average molecular weight is 385 g/mol. The Morgan fingerprint density at radius 3 is 2.75 bits per heavy atom. The molecule has 146 valence electrons. The van der Waals surface area contributed by atoms with E-state index >= 15 is 0 Å². The highest BCUT2D eigenvalue weighted by atomic mass is 19.3. The normalized spacial score (nSPS) is 19.7. The third-order valence-corrected chi connectivity index (χ3v) is 5.36. The van der Waals surface area contributed by atoms with Crippen molar-refractivity contribution in [2.45, 2.75) is 26.0 Å². The first-order valence-corrected chi connectivity index (χ1v) is 9.22. The number of aromatic nitrogens is 2. The number of hydrogen-bond donors (Lipinski definition) is 1. The molecule has 28 heavy (non-hydrogen) atoms. The lowest BCUT2D eigenvalue weighted by Gasteiger charge is -2.18. The smallest absolute Gasteiger partial charge is 0.319 e. The fourth-order valence-electron chi connectivity index (χ4n) is 3.86. The topological polar surface area (TPSA) is 58.4 Å². The van der Waals surface area contributed by atoms with Gasteiger partial charge in [-0.1, -0.05) is 24.3 Å². The van der Waals surface area contributed by atoms with Crippen LogP contribution in [-0.2, 0) is 6.42 Å². The second kappa shape index (κ2) is 7.31. The summed E-state index contributed by atoms with van der Waals surface area (Å²) in [5.41, 5.74) is 1.99. The van der Waals surface area contributed by atoms with E-state index in [-0.39, 0.29) is 18.2 Å². The van der Waals surface area contributed by atoms with E-state index in [9.17, 15) is 18.7 Å². The summed E-state index contributed by atoms with van der Waals surface area (Å²) in [5, 5.41) is 11.5. The van der Waals surface area contributed by atoms with E-state index in [1.54, 1.807) is 0 Å². The van der Waals surface area contributed by atoms with Crippen LogP contribution in [0.25, 0.3) is 10.9 Å². The van der Waals surface area contributed by atoms with Crippen LogP contribution in [0.4, 0.5) is 8.78 Å². The molecule has 1 fully saturated rings. The van der Waals surface area contributed by atoms with Crippen molar-refractivity contribution >= 4 is 16.8 Å². The summed E-state index contributed by atoms with van der Waals surface area (Å²) in [4.78, 5) is 18.8. The Bertz CT molecular complexity index is 1020. The van der Waals surface area contributed by atoms with Gasteiger partial charge in [0.05, 0.1) is 11.6 Å². The van der Waals surface area contributed by atoms with Gasteiger partial charge in [-0.3, -0.25) is 14.3 Å². The van der Waals surface area contributed by atoms with E-state index in [2.05, 4.69) is 4.98 Å². The van der Waals surface area contributed by atoms with Crippen molar-refractivity contribution in [2.24, 2.45) is 5.92 Å². The molecule has 0 radical (unpaired) electrons. The summed E-state index contributed by atoms with van der Waals surface area (Å²) in [6, 6.07) is 14.6. The first kappa shape index (κ1) is 18.6. The highest BCUT2D eigenvalue weighted by Gasteiger charge is 2.36. The maximum absolute atomic E-state index is 13.3. The molecule has 1 aliphatic heterocycles. The summed E-state index contributed by atoms with van der Waals surface area (Å²) in [7, 11) is 0. The van der Waals surface area contributed by atoms with E-state index in [4.69, 9.17) is 0 Å². The van der Waals surface area contributed by atoms with Gasteiger partial charge in [0.25, 0.3) is 5.91 Å². The Kier molecular flexibility index (Phi) is 4.85. The fraction of sp³-hybridized carbons (Fsp3) is 0.333. The van der Waals surface area contributed by atoms with Crippen LogP contribution in [0.3, 0.4) is 0 Å². The molecule has 2 aromatic heterocycles. The van der Waals surface area contributed by atoms with Gasteiger partial charge in [0, 0.05) is 35.8 Å². The predicted molar refractivity (Wildman–Crippen MR) is 101 cm³/mol. The molecule has 4 rings (SSSR count). The standard InChI is InChI=1S/C21H21F2N3O2/c1-13-6-9-18(26(13)21(22)23)20(28)25-11-15(19(27)12-25)10-16-8-7-14-4-2-3-5-17(14)24-16/h2-9,15,19,21,27H,10-12H2,1H3/t15-,19-/m1/s1. The van der Waals surface area contributed by atoms with Gasteiger partial charge < -0.3 is 10.0 Å². The van der Waals surface area contributed by atoms with Crippen LogP contribution >= 0.6 is 0 Å². The van der Waals surface area contributed by atoms with Crippen molar-refractivity contribution in [2.75, 3.05) is 13.1 Å². The highest BCUT2D eigenvalue weighted by molar-refractivity contribution is 5.93.